The summed E-state index contributed by atoms with van der Waals surface area (Å²) in [7, 11) is 0. The topological polar surface area (TPSA) is 26.3 Å². The minimum Gasteiger partial charge on any atom is -0.465 e. The first kappa shape index (κ1) is 13.8. The molecule has 1 rings (SSSR count). The zero-order valence-electron chi connectivity index (χ0n) is 8.97. The molecule has 0 amide bonds. The van der Waals surface area contributed by atoms with E-state index in [1.54, 1.807) is 6.92 Å². The molecular formula is C11H10ClF3O2. The second kappa shape index (κ2) is 5.91. The molecule has 17 heavy (non-hydrogen) atoms. The van der Waals surface area contributed by atoms with Gasteiger partial charge in [-0.25, -0.2) is 13.2 Å². The fourth-order valence-corrected chi connectivity index (χ4v) is 1.50. The highest BCUT2D eigenvalue weighted by molar-refractivity contribution is 6.30. The fraction of sp³-hybridized carbons (Fsp3) is 0.364. The molecule has 0 saturated carbocycles. The van der Waals surface area contributed by atoms with E-state index in [0.29, 0.717) is 6.07 Å². The maximum Gasteiger partial charge on any atom is 0.324 e. The summed E-state index contributed by atoms with van der Waals surface area (Å²) in [5.41, 5.74) is -0.296. The van der Waals surface area contributed by atoms with E-state index in [2.05, 4.69) is 4.74 Å². The number of rotatable bonds is 4. The molecule has 1 aromatic carbocycles. The Morgan fingerprint density at radius 2 is 2.06 bits per heavy atom. The van der Waals surface area contributed by atoms with Crippen molar-refractivity contribution in [1.82, 2.24) is 0 Å². The van der Waals surface area contributed by atoms with Gasteiger partial charge in [-0.15, -0.1) is 11.6 Å². The van der Waals surface area contributed by atoms with Crippen molar-refractivity contribution in [2.75, 3.05) is 6.61 Å². The van der Waals surface area contributed by atoms with E-state index < -0.39 is 28.8 Å². The molecule has 94 valence electrons. The number of ether oxygens (including phenoxy) is 1. The molecule has 1 aromatic rings. The van der Waals surface area contributed by atoms with Gasteiger partial charge in [0.2, 0.25) is 0 Å². The summed E-state index contributed by atoms with van der Waals surface area (Å²) in [6.45, 7) is 1.71. The monoisotopic (exact) mass is 266 g/mol. The number of benzene rings is 1. The smallest absolute Gasteiger partial charge is 0.324 e. The number of hydrogen-bond donors (Lipinski definition) is 0. The van der Waals surface area contributed by atoms with Gasteiger partial charge in [0.05, 0.1) is 6.61 Å². The van der Waals surface area contributed by atoms with Gasteiger partial charge in [-0.2, -0.15) is 0 Å². The summed E-state index contributed by atoms with van der Waals surface area (Å²) >= 11 is 5.64. The number of esters is 1. The first-order valence-corrected chi connectivity index (χ1v) is 5.33. The Kier molecular flexibility index (Phi) is 4.81. The van der Waals surface area contributed by atoms with Gasteiger partial charge in [0, 0.05) is 12.5 Å². The van der Waals surface area contributed by atoms with Crippen molar-refractivity contribution in [2.45, 2.75) is 18.7 Å². The highest BCUT2D eigenvalue weighted by atomic mass is 35.5. The first-order valence-electron chi connectivity index (χ1n) is 4.89. The highest BCUT2D eigenvalue weighted by Crippen LogP contribution is 2.18. The molecule has 1 unspecified atom stereocenters. The molecule has 0 N–H and O–H groups in total. The van der Waals surface area contributed by atoms with Crippen LogP contribution >= 0.6 is 11.6 Å². The van der Waals surface area contributed by atoms with E-state index >= 15 is 0 Å². The third kappa shape index (κ3) is 3.63. The molecule has 0 fully saturated rings. The predicted octanol–water partition coefficient (Wildman–Crippen LogP) is 2.82. The van der Waals surface area contributed by atoms with Crippen molar-refractivity contribution < 1.29 is 22.7 Å². The van der Waals surface area contributed by atoms with Crippen molar-refractivity contribution >= 4 is 17.6 Å². The molecule has 0 heterocycles. The van der Waals surface area contributed by atoms with Crippen LogP contribution in [-0.2, 0) is 16.0 Å². The minimum absolute atomic E-state index is 0.127. The number of hydrogen-bond acceptors (Lipinski definition) is 2. The van der Waals surface area contributed by atoms with Crippen LogP contribution in [0.4, 0.5) is 13.2 Å². The number of halogens is 4. The van der Waals surface area contributed by atoms with Gasteiger partial charge < -0.3 is 4.74 Å². The molecule has 0 aromatic heterocycles. The second-order valence-corrected chi connectivity index (χ2v) is 3.81. The van der Waals surface area contributed by atoms with E-state index in [1.807, 2.05) is 0 Å². The van der Waals surface area contributed by atoms with Gasteiger partial charge in [0.15, 0.2) is 11.6 Å². The van der Waals surface area contributed by atoms with Crippen LogP contribution in [0.1, 0.15) is 12.5 Å². The van der Waals surface area contributed by atoms with Crippen molar-refractivity contribution in [1.29, 1.82) is 0 Å². The van der Waals surface area contributed by atoms with E-state index in [9.17, 15) is 18.0 Å². The molecule has 0 aliphatic rings. The van der Waals surface area contributed by atoms with Gasteiger partial charge in [0.1, 0.15) is 11.2 Å². The summed E-state index contributed by atoms with van der Waals surface area (Å²) in [5.74, 6) is -4.20. The minimum atomic E-state index is -1.31. The molecule has 0 radical (unpaired) electrons. The summed E-state index contributed by atoms with van der Waals surface area (Å²) in [6, 6.07) is 1.22. The fourth-order valence-electron chi connectivity index (χ4n) is 1.27. The quantitative estimate of drug-likeness (QED) is 0.476. The standard InChI is InChI=1S/C11H10ClF3O2/c1-2-17-11(16)8(12)4-6-3-7(13)5-9(14)10(6)15/h3,5,8H,2,4H2,1H3. The molecule has 0 spiro atoms. The second-order valence-electron chi connectivity index (χ2n) is 3.28. The van der Waals surface area contributed by atoms with Gasteiger partial charge in [0.25, 0.3) is 0 Å². The Morgan fingerprint density at radius 3 is 2.65 bits per heavy atom. The molecule has 2 nitrogen and oxygen atoms in total. The number of carbonyl (C=O) groups is 1. The summed E-state index contributed by atoms with van der Waals surface area (Å²) < 4.78 is 43.5. The maximum absolute atomic E-state index is 13.2. The molecule has 0 saturated heterocycles. The lowest BCUT2D eigenvalue weighted by Crippen LogP contribution is -2.21. The van der Waals surface area contributed by atoms with Gasteiger partial charge in [-0.1, -0.05) is 0 Å². The predicted molar refractivity (Wildman–Crippen MR) is 56.3 cm³/mol. The number of carbonyl (C=O) groups excluding carboxylic acids is 1. The third-order valence-corrected chi connectivity index (χ3v) is 2.34. The SMILES string of the molecule is CCOC(=O)C(Cl)Cc1cc(F)cc(F)c1F. The highest BCUT2D eigenvalue weighted by Gasteiger charge is 2.21. The summed E-state index contributed by atoms with van der Waals surface area (Å²) in [6.07, 6.45) is -0.332. The molecule has 0 bridgehead atoms. The molecule has 0 aliphatic heterocycles. The Labute approximate surface area is 101 Å². The molecule has 1 atom stereocenters. The van der Waals surface area contributed by atoms with Crippen molar-refractivity contribution in [2.24, 2.45) is 0 Å². The molecule has 0 aliphatic carbocycles. The van der Waals surface area contributed by atoms with Crippen molar-refractivity contribution in [3.63, 3.8) is 0 Å². The lowest BCUT2D eigenvalue weighted by atomic mass is 10.1. The maximum atomic E-state index is 13.2. The van der Waals surface area contributed by atoms with Crippen molar-refractivity contribution in [3.05, 3.63) is 35.1 Å². The van der Waals surface area contributed by atoms with Crippen LogP contribution in [0.25, 0.3) is 0 Å². The van der Waals surface area contributed by atoms with Crippen LogP contribution in [0, 0.1) is 17.5 Å². The van der Waals surface area contributed by atoms with Gasteiger partial charge >= 0.3 is 5.97 Å². The average Bonchev–Trinajstić information content (AvgIpc) is 2.25. The summed E-state index contributed by atoms with van der Waals surface area (Å²) in [4.78, 5) is 11.2. The van der Waals surface area contributed by atoms with Crippen LogP contribution in [-0.4, -0.2) is 18.0 Å². The molecular weight excluding hydrogens is 257 g/mol. The van der Waals surface area contributed by atoms with Crippen LogP contribution < -0.4 is 0 Å². The van der Waals surface area contributed by atoms with Crippen molar-refractivity contribution in [3.8, 4) is 0 Å². The van der Waals surface area contributed by atoms with Crippen LogP contribution in [0.5, 0.6) is 0 Å². The lowest BCUT2D eigenvalue weighted by Gasteiger charge is -2.09. The van der Waals surface area contributed by atoms with E-state index in [1.165, 1.54) is 0 Å². The molecule has 6 heteroatoms. The Balaban J connectivity index is 2.84. The average molecular weight is 267 g/mol. The summed E-state index contributed by atoms with van der Waals surface area (Å²) in [5, 5.41) is -1.18. The number of alkyl halides is 1. The van der Waals surface area contributed by atoms with E-state index in [4.69, 9.17) is 11.6 Å². The van der Waals surface area contributed by atoms with Gasteiger partial charge in [-0.3, -0.25) is 4.79 Å². The van der Waals surface area contributed by atoms with Crippen LogP contribution in [0.3, 0.4) is 0 Å². The Bertz CT molecular complexity index is 423. The van der Waals surface area contributed by atoms with E-state index in [-0.39, 0.29) is 18.6 Å². The zero-order chi connectivity index (χ0) is 13.0. The normalized spacial score (nSPS) is 12.3. The van der Waals surface area contributed by atoms with Gasteiger partial charge in [-0.05, 0) is 18.6 Å². The Morgan fingerprint density at radius 1 is 1.41 bits per heavy atom. The first-order chi connectivity index (χ1) is 7.95. The van der Waals surface area contributed by atoms with Crippen LogP contribution in [0.15, 0.2) is 12.1 Å². The third-order valence-electron chi connectivity index (χ3n) is 2.01. The zero-order valence-corrected chi connectivity index (χ0v) is 9.73. The largest absolute Gasteiger partial charge is 0.465 e. The lowest BCUT2D eigenvalue weighted by molar-refractivity contribution is -0.142. The van der Waals surface area contributed by atoms with Crippen LogP contribution in [0.2, 0.25) is 0 Å². The Hall–Kier alpha value is -1.23. The van der Waals surface area contributed by atoms with E-state index in [0.717, 1.165) is 6.07 Å².